The van der Waals surface area contributed by atoms with E-state index in [0.717, 1.165) is 18.4 Å². The molecule has 0 saturated carbocycles. The molecule has 4 heteroatoms. The van der Waals surface area contributed by atoms with Gasteiger partial charge in [0.15, 0.2) is 5.78 Å². The molecule has 0 N–H and O–H groups in total. The molecule has 0 spiro atoms. The lowest BCUT2D eigenvalue weighted by molar-refractivity contribution is -0.121. The number of hydrogen-bond acceptors (Lipinski definition) is 3. The number of Topliss-reactive ketones (excluding diaryl/α,β-unsaturated/α-hetero) is 1. The number of amides is 1. The summed E-state index contributed by atoms with van der Waals surface area (Å²) in [5, 5.41) is 0. The minimum Gasteiger partial charge on any atom is -0.445 e. The zero-order valence-electron chi connectivity index (χ0n) is 11.5. The Morgan fingerprint density at radius 2 is 2.00 bits per heavy atom. The predicted molar refractivity (Wildman–Crippen MR) is 76.3 cm³/mol. The van der Waals surface area contributed by atoms with Gasteiger partial charge in [0.25, 0.3) is 0 Å². The second kappa shape index (κ2) is 6.89. The molecular weight excluding hydrogens is 254 g/mol. The minimum absolute atomic E-state index is 0.0991. The van der Waals surface area contributed by atoms with Crippen LogP contribution < -0.4 is 0 Å². The number of benzene rings is 1. The van der Waals surface area contributed by atoms with Crippen molar-refractivity contribution in [1.82, 2.24) is 4.90 Å². The largest absolute Gasteiger partial charge is 0.445 e. The monoisotopic (exact) mass is 273 g/mol. The molecule has 0 bridgehead atoms. The number of likely N-dealkylation sites (tertiary alicyclic amines) is 1. The van der Waals surface area contributed by atoms with E-state index in [-0.39, 0.29) is 18.9 Å². The summed E-state index contributed by atoms with van der Waals surface area (Å²) in [7, 11) is 0. The highest BCUT2D eigenvalue weighted by Gasteiger charge is 2.22. The van der Waals surface area contributed by atoms with Crippen LogP contribution in [0.1, 0.15) is 24.0 Å². The molecule has 0 radical (unpaired) electrons. The Bertz CT molecular complexity index is 493. The zero-order chi connectivity index (χ0) is 14.4. The molecule has 1 heterocycles. The minimum atomic E-state index is -0.409. The molecular formula is C16H19NO3. The molecule has 1 aliphatic rings. The molecule has 0 atom stereocenters. The molecule has 2 rings (SSSR count). The number of carbonyl (C=O) groups is 2. The van der Waals surface area contributed by atoms with Crippen LogP contribution in [0.3, 0.4) is 0 Å². The van der Waals surface area contributed by atoms with E-state index in [9.17, 15) is 9.59 Å². The van der Waals surface area contributed by atoms with Crippen molar-refractivity contribution in [3.05, 3.63) is 48.0 Å². The molecule has 1 fully saturated rings. The quantitative estimate of drug-likeness (QED) is 0.792. The Balaban J connectivity index is 1.83. The lowest BCUT2D eigenvalue weighted by atomic mass is 10.1. The first kappa shape index (κ1) is 14.3. The second-order valence-electron chi connectivity index (χ2n) is 4.93. The number of ketones is 1. The summed E-state index contributed by atoms with van der Waals surface area (Å²) in [5.74, 6) is 0.0991. The van der Waals surface area contributed by atoms with Crippen LogP contribution in [0.2, 0.25) is 0 Å². The van der Waals surface area contributed by atoms with Crippen LogP contribution in [-0.2, 0) is 22.6 Å². The number of carbonyl (C=O) groups excluding carboxylic acids is 2. The fourth-order valence-electron chi connectivity index (χ4n) is 2.17. The molecule has 0 aromatic heterocycles. The normalized spacial score (nSPS) is 15.0. The van der Waals surface area contributed by atoms with Crippen LogP contribution in [0, 0.1) is 0 Å². The van der Waals surface area contributed by atoms with E-state index in [1.54, 1.807) is 0 Å². The lowest BCUT2D eigenvalue weighted by Gasteiger charge is -2.24. The van der Waals surface area contributed by atoms with E-state index in [4.69, 9.17) is 4.74 Å². The smallest absolute Gasteiger partial charge is 0.410 e. The Morgan fingerprint density at radius 3 is 2.65 bits per heavy atom. The molecule has 1 saturated heterocycles. The first-order valence-electron chi connectivity index (χ1n) is 6.81. The van der Waals surface area contributed by atoms with Gasteiger partial charge < -0.3 is 9.64 Å². The third kappa shape index (κ3) is 3.95. The summed E-state index contributed by atoms with van der Waals surface area (Å²) in [6.45, 7) is 4.71. The first-order valence-corrected chi connectivity index (χ1v) is 6.81. The van der Waals surface area contributed by atoms with E-state index < -0.39 is 6.09 Å². The Labute approximate surface area is 119 Å². The van der Waals surface area contributed by atoms with E-state index in [0.29, 0.717) is 13.0 Å². The van der Waals surface area contributed by atoms with Crippen molar-refractivity contribution in [3.63, 3.8) is 0 Å². The van der Waals surface area contributed by atoms with Gasteiger partial charge in [0, 0.05) is 13.0 Å². The van der Waals surface area contributed by atoms with Gasteiger partial charge in [-0.2, -0.15) is 0 Å². The highest BCUT2D eigenvalue weighted by atomic mass is 16.6. The van der Waals surface area contributed by atoms with Gasteiger partial charge >= 0.3 is 6.09 Å². The molecule has 4 nitrogen and oxygen atoms in total. The van der Waals surface area contributed by atoms with E-state index in [2.05, 4.69) is 6.58 Å². The molecule has 1 aromatic rings. The molecule has 20 heavy (non-hydrogen) atoms. The number of hydrogen-bond donors (Lipinski definition) is 0. The Morgan fingerprint density at radius 1 is 1.30 bits per heavy atom. The van der Waals surface area contributed by atoms with Gasteiger partial charge in [0.2, 0.25) is 0 Å². The van der Waals surface area contributed by atoms with Crippen LogP contribution in [0.4, 0.5) is 4.79 Å². The van der Waals surface area contributed by atoms with Gasteiger partial charge in [0.05, 0.1) is 6.54 Å². The second-order valence-corrected chi connectivity index (χ2v) is 4.93. The SMILES string of the molecule is C=CCc1ccc(COC(=O)N2CCCC(=O)C2)cc1. The maximum Gasteiger partial charge on any atom is 0.410 e. The average Bonchev–Trinajstić information content (AvgIpc) is 2.46. The summed E-state index contributed by atoms with van der Waals surface area (Å²) in [6, 6.07) is 7.87. The standard InChI is InChI=1S/C16H19NO3/c1-2-4-13-6-8-14(9-7-13)12-20-16(19)17-10-3-5-15(18)11-17/h2,6-9H,1,3-5,10-12H2. The predicted octanol–water partition coefficient (Wildman–Crippen LogP) is 2.72. The number of rotatable bonds is 4. The maximum atomic E-state index is 11.8. The lowest BCUT2D eigenvalue weighted by Crippen LogP contribution is -2.40. The summed E-state index contributed by atoms with van der Waals surface area (Å²) >= 11 is 0. The number of ether oxygens (including phenoxy) is 1. The Kier molecular flexibility index (Phi) is 4.93. The van der Waals surface area contributed by atoms with Gasteiger partial charge in [-0.25, -0.2) is 4.79 Å². The fraction of sp³-hybridized carbons (Fsp3) is 0.375. The highest BCUT2D eigenvalue weighted by Crippen LogP contribution is 2.10. The van der Waals surface area contributed by atoms with Crippen LogP contribution >= 0.6 is 0 Å². The van der Waals surface area contributed by atoms with Crippen molar-refractivity contribution >= 4 is 11.9 Å². The van der Waals surface area contributed by atoms with Gasteiger partial charge in [-0.1, -0.05) is 30.3 Å². The fourth-order valence-corrected chi connectivity index (χ4v) is 2.17. The van der Waals surface area contributed by atoms with Gasteiger partial charge in [-0.05, 0) is 24.0 Å². The number of nitrogens with zero attached hydrogens (tertiary/aromatic N) is 1. The molecule has 1 aliphatic heterocycles. The van der Waals surface area contributed by atoms with Crippen LogP contribution in [0.15, 0.2) is 36.9 Å². The topological polar surface area (TPSA) is 46.6 Å². The van der Waals surface area contributed by atoms with Crippen molar-refractivity contribution in [3.8, 4) is 0 Å². The van der Waals surface area contributed by atoms with Crippen molar-refractivity contribution < 1.29 is 14.3 Å². The molecule has 0 unspecified atom stereocenters. The summed E-state index contributed by atoms with van der Waals surface area (Å²) in [5.41, 5.74) is 2.12. The van der Waals surface area contributed by atoms with E-state index in [1.165, 1.54) is 10.5 Å². The summed E-state index contributed by atoms with van der Waals surface area (Å²) in [4.78, 5) is 24.6. The molecule has 0 aliphatic carbocycles. The number of allylic oxidation sites excluding steroid dienone is 1. The van der Waals surface area contributed by atoms with Crippen LogP contribution in [0.25, 0.3) is 0 Å². The Hall–Kier alpha value is -2.10. The first-order chi connectivity index (χ1) is 9.69. The third-order valence-electron chi connectivity index (χ3n) is 3.27. The van der Waals surface area contributed by atoms with Gasteiger partial charge in [0.1, 0.15) is 6.61 Å². The van der Waals surface area contributed by atoms with E-state index in [1.807, 2.05) is 30.3 Å². The van der Waals surface area contributed by atoms with Crippen molar-refractivity contribution in [2.75, 3.05) is 13.1 Å². The van der Waals surface area contributed by atoms with E-state index >= 15 is 0 Å². The van der Waals surface area contributed by atoms with Gasteiger partial charge in [-0.15, -0.1) is 6.58 Å². The highest BCUT2D eigenvalue weighted by molar-refractivity contribution is 5.85. The van der Waals surface area contributed by atoms with Crippen molar-refractivity contribution in [2.45, 2.75) is 25.9 Å². The van der Waals surface area contributed by atoms with Crippen LogP contribution in [0.5, 0.6) is 0 Å². The van der Waals surface area contributed by atoms with Gasteiger partial charge in [-0.3, -0.25) is 4.79 Å². The average molecular weight is 273 g/mol. The van der Waals surface area contributed by atoms with Crippen LogP contribution in [-0.4, -0.2) is 29.9 Å². The number of piperidine rings is 1. The molecule has 106 valence electrons. The summed E-state index contributed by atoms with van der Waals surface area (Å²) < 4.78 is 5.23. The zero-order valence-corrected chi connectivity index (χ0v) is 11.5. The van der Waals surface area contributed by atoms with Crippen molar-refractivity contribution in [1.29, 1.82) is 0 Å². The summed E-state index contributed by atoms with van der Waals surface area (Å²) in [6.07, 6.45) is 3.56. The third-order valence-corrected chi connectivity index (χ3v) is 3.27. The van der Waals surface area contributed by atoms with Crippen molar-refractivity contribution in [2.24, 2.45) is 0 Å². The molecule has 1 amide bonds. The maximum absolute atomic E-state index is 11.8. The molecule has 1 aromatic carbocycles.